The van der Waals surface area contributed by atoms with Gasteiger partial charge in [0, 0.05) is 12.8 Å². The number of rotatable bonds is 14. The maximum atomic E-state index is 11.1. The number of carbonyl (C=O) groups is 2. The molecule has 0 unspecified atom stereocenters. The lowest BCUT2D eigenvalue weighted by Crippen LogP contribution is -2.23. The van der Waals surface area contributed by atoms with Crippen LogP contribution in [0.2, 0.25) is 0 Å². The third-order valence-corrected chi connectivity index (χ3v) is 5.88. The molecule has 32 heavy (non-hydrogen) atoms. The molecule has 0 spiro atoms. The van der Waals surface area contributed by atoms with Crippen LogP contribution in [0.4, 0.5) is 0 Å². The summed E-state index contributed by atoms with van der Waals surface area (Å²) >= 11 is 0. The summed E-state index contributed by atoms with van der Waals surface area (Å²) in [5.74, 6) is 1.76. The molecule has 0 amide bonds. The van der Waals surface area contributed by atoms with Crippen molar-refractivity contribution in [1.29, 1.82) is 0 Å². The molecule has 0 fully saturated rings. The fourth-order valence-electron chi connectivity index (χ4n) is 3.35. The van der Waals surface area contributed by atoms with Crippen LogP contribution in [0.15, 0.2) is 33.1 Å². The molecule has 0 bridgehead atoms. The highest BCUT2D eigenvalue weighted by atomic mass is 16.4. The van der Waals surface area contributed by atoms with Gasteiger partial charge in [0.05, 0.1) is 10.8 Å². The van der Waals surface area contributed by atoms with Gasteiger partial charge in [-0.1, -0.05) is 12.8 Å². The minimum absolute atomic E-state index is 0.647. The minimum atomic E-state index is -0.758. The van der Waals surface area contributed by atoms with Gasteiger partial charge in [-0.25, -0.2) is 0 Å². The quantitative estimate of drug-likeness (QED) is 0.315. The number of hydrogen-bond donors (Lipinski definition) is 2. The number of unbranched alkanes of at least 4 members (excludes halogenated alkanes) is 2. The lowest BCUT2D eigenvalue weighted by Gasteiger charge is -2.18. The lowest BCUT2D eigenvalue weighted by molar-refractivity contribution is -0.148. The number of furan rings is 2. The first kappa shape index (κ1) is 25.5. The van der Waals surface area contributed by atoms with E-state index in [1.54, 1.807) is 27.7 Å². The van der Waals surface area contributed by atoms with Gasteiger partial charge in [0.15, 0.2) is 0 Å². The van der Waals surface area contributed by atoms with Gasteiger partial charge >= 0.3 is 11.9 Å². The van der Waals surface area contributed by atoms with Gasteiger partial charge in [-0.15, -0.1) is 0 Å². The Hall–Kier alpha value is -2.76. The summed E-state index contributed by atoms with van der Waals surface area (Å²) in [6.07, 6.45) is 10.1. The van der Waals surface area contributed by atoms with E-state index in [0.29, 0.717) is 12.8 Å². The number of carboxylic acid groups (broad SMARTS) is 2. The molecule has 2 heterocycles. The maximum absolute atomic E-state index is 11.1. The Morgan fingerprint density at radius 3 is 1.44 bits per heavy atom. The second-order valence-electron chi connectivity index (χ2n) is 9.73. The van der Waals surface area contributed by atoms with Crippen LogP contribution in [0, 0.1) is 10.8 Å². The maximum Gasteiger partial charge on any atom is 0.309 e. The molecule has 0 atom stereocenters. The van der Waals surface area contributed by atoms with Crippen LogP contribution in [0.1, 0.15) is 89.3 Å². The Morgan fingerprint density at radius 1 is 0.719 bits per heavy atom. The summed E-state index contributed by atoms with van der Waals surface area (Å²) in [7, 11) is 0. The molecule has 0 aliphatic carbocycles. The van der Waals surface area contributed by atoms with Crippen molar-refractivity contribution in [3.05, 3.63) is 47.3 Å². The zero-order valence-corrected chi connectivity index (χ0v) is 19.6. The smallest absolute Gasteiger partial charge is 0.309 e. The SMILES string of the molecule is CC(C)(CCCCc1ccc(C=Cc2ccc(CCCCC(C)(C)C(=O)O)o2)o1)C(=O)O. The first-order chi connectivity index (χ1) is 15.0. The predicted molar refractivity (Wildman–Crippen MR) is 124 cm³/mol. The molecule has 0 radical (unpaired) electrons. The molecule has 0 aliphatic rings. The third-order valence-electron chi connectivity index (χ3n) is 5.88. The highest BCUT2D eigenvalue weighted by molar-refractivity contribution is 5.73. The number of carboxylic acids is 2. The molecule has 0 saturated carbocycles. The highest BCUT2D eigenvalue weighted by Gasteiger charge is 2.26. The predicted octanol–water partition coefficient (Wildman–Crippen LogP) is 6.69. The van der Waals surface area contributed by atoms with Crippen molar-refractivity contribution in [1.82, 2.24) is 0 Å². The van der Waals surface area contributed by atoms with Crippen molar-refractivity contribution in [2.45, 2.75) is 79.1 Å². The minimum Gasteiger partial charge on any atom is -0.481 e. The van der Waals surface area contributed by atoms with Crippen molar-refractivity contribution in [3.63, 3.8) is 0 Å². The number of aliphatic carboxylic acids is 2. The third kappa shape index (κ3) is 8.06. The van der Waals surface area contributed by atoms with E-state index in [1.807, 2.05) is 36.4 Å². The monoisotopic (exact) mass is 444 g/mol. The fourth-order valence-corrected chi connectivity index (χ4v) is 3.35. The average Bonchev–Trinajstić information content (AvgIpc) is 3.36. The molecule has 176 valence electrons. The average molecular weight is 445 g/mol. The van der Waals surface area contributed by atoms with Crippen molar-refractivity contribution < 1.29 is 28.6 Å². The standard InChI is InChI=1S/C26H36O6/c1-25(2,23(27)28)17-7-5-9-19-11-13-21(31-19)15-16-22-14-12-20(32-22)10-6-8-18-26(3,4)24(29)30/h11-16H,5-10,17-18H2,1-4H3,(H,27,28)(H,29,30). The van der Waals surface area contributed by atoms with Crippen LogP contribution in [-0.2, 0) is 22.4 Å². The van der Waals surface area contributed by atoms with Crippen molar-refractivity contribution in [2.24, 2.45) is 10.8 Å². The number of aryl methyl sites for hydroxylation is 2. The molecule has 2 aromatic rings. The molecule has 2 N–H and O–H groups in total. The Kier molecular flexibility index (Phi) is 8.93. The van der Waals surface area contributed by atoms with Crippen LogP contribution in [0.5, 0.6) is 0 Å². The van der Waals surface area contributed by atoms with Crippen molar-refractivity contribution in [2.75, 3.05) is 0 Å². The van der Waals surface area contributed by atoms with Crippen LogP contribution >= 0.6 is 0 Å². The second kappa shape index (κ2) is 11.2. The van der Waals surface area contributed by atoms with E-state index in [0.717, 1.165) is 61.6 Å². The molecule has 2 aromatic heterocycles. The Bertz CT molecular complexity index is 838. The first-order valence-corrected chi connectivity index (χ1v) is 11.3. The number of hydrogen-bond acceptors (Lipinski definition) is 4. The molecular formula is C26H36O6. The topological polar surface area (TPSA) is 101 Å². The Labute approximate surface area is 190 Å². The summed E-state index contributed by atoms with van der Waals surface area (Å²) in [6, 6.07) is 7.74. The van der Waals surface area contributed by atoms with Crippen LogP contribution in [0.3, 0.4) is 0 Å². The van der Waals surface area contributed by atoms with E-state index >= 15 is 0 Å². The molecule has 6 nitrogen and oxygen atoms in total. The van der Waals surface area contributed by atoms with E-state index < -0.39 is 22.8 Å². The van der Waals surface area contributed by atoms with Crippen LogP contribution < -0.4 is 0 Å². The van der Waals surface area contributed by atoms with E-state index in [-0.39, 0.29) is 0 Å². The molecular weight excluding hydrogens is 408 g/mol. The van der Waals surface area contributed by atoms with Gasteiger partial charge < -0.3 is 19.0 Å². The molecule has 2 rings (SSSR count). The van der Waals surface area contributed by atoms with Gasteiger partial charge in [-0.2, -0.15) is 0 Å². The van der Waals surface area contributed by atoms with Gasteiger partial charge in [-0.05, 0) is 89.8 Å². The Morgan fingerprint density at radius 2 is 1.09 bits per heavy atom. The molecule has 0 aromatic carbocycles. The van der Waals surface area contributed by atoms with Gasteiger partial charge in [0.2, 0.25) is 0 Å². The van der Waals surface area contributed by atoms with Crippen LogP contribution in [-0.4, -0.2) is 22.2 Å². The zero-order chi connectivity index (χ0) is 23.8. The van der Waals surface area contributed by atoms with Crippen LogP contribution in [0.25, 0.3) is 12.2 Å². The van der Waals surface area contributed by atoms with E-state index in [9.17, 15) is 9.59 Å². The van der Waals surface area contributed by atoms with Gasteiger partial charge in [0.1, 0.15) is 23.0 Å². The second-order valence-corrected chi connectivity index (χ2v) is 9.73. The summed E-state index contributed by atoms with van der Waals surface area (Å²) in [5, 5.41) is 18.3. The summed E-state index contributed by atoms with van der Waals surface area (Å²) < 4.78 is 11.7. The van der Waals surface area contributed by atoms with Gasteiger partial charge in [0.25, 0.3) is 0 Å². The van der Waals surface area contributed by atoms with E-state index in [1.165, 1.54) is 0 Å². The van der Waals surface area contributed by atoms with E-state index in [2.05, 4.69) is 0 Å². The molecule has 0 aliphatic heterocycles. The largest absolute Gasteiger partial charge is 0.481 e. The first-order valence-electron chi connectivity index (χ1n) is 11.3. The summed E-state index contributed by atoms with van der Waals surface area (Å²) in [6.45, 7) is 7.02. The summed E-state index contributed by atoms with van der Waals surface area (Å²) in [4.78, 5) is 22.3. The summed E-state index contributed by atoms with van der Waals surface area (Å²) in [5.41, 5.74) is -1.37. The fraction of sp³-hybridized carbons (Fsp3) is 0.538. The van der Waals surface area contributed by atoms with Crippen molar-refractivity contribution in [3.8, 4) is 0 Å². The molecule has 6 heteroatoms. The Balaban J connectivity index is 1.74. The van der Waals surface area contributed by atoms with E-state index in [4.69, 9.17) is 19.0 Å². The zero-order valence-electron chi connectivity index (χ0n) is 19.6. The molecule has 0 saturated heterocycles. The highest BCUT2D eigenvalue weighted by Crippen LogP contribution is 2.25. The van der Waals surface area contributed by atoms with Crippen molar-refractivity contribution >= 4 is 24.1 Å². The lowest BCUT2D eigenvalue weighted by atomic mass is 9.87. The normalized spacial score (nSPS) is 12.5. The van der Waals surface area contributed by atoms with Gasteiger partial charge in [-0.3, -0.25) is 9.59 Å².